The second kappa shape index (κ2) is 5.51. The summed E-state index contributed by atoms with van der Waals surface area (Å²) in [5, 5.41) is 2.14. The summed E-state index contributed by atoms with van der Waals surface area (Å²) in [5.41, 5.74) is 6.37. The van der Waals surface area contributed by atoms with E-state index < -0.39 is 0 Å². The molecule has 98 valence electrons. The molecule has 2 nitrogen and oxygen atoms in total. The molecule has 0 fully saturated rings. The molecule has 0 radical (unpaired) electrons. The zero-order chi connectivity index (χ0) is 13.2. The average molecular weight is 254 g/mol. The van der Waals surface area contributed by atoms with Gasteiger partial charge in [0, 0.05) is 23.0 Å². The van der Waals surface area contributed by atoms with Gasteiger partial charge >= 0.3 is 0 Å². The van der Waals surface area contributed by atoms with Gasteiger partial charge in [0.2, 0.25) is 0 Å². The van der Waals surface area contributed by atoms with Gasteiger partial charge in [0.25, 0.3) is 0 Å². The van der Waals surface area contributed by atoms with Crippen LogP contribution >= 0.6 is 11.3 Å². The van der Waals surface area contributed by atoms with Gasteiger partial charge in [-0.05, 0) is 37.8 Å². The van der Waals surface area contributed by atoms with Gasteiger partial charge in [-0.2, -0.15) is 0 Å². The van der Waals surface area contributed by atoms with Crippen molar-refractivity contribution in [3.05, 3.63) is 22.4 Å². The molecule has 0 aliphatic carbocycles. The third-order valence-electron chi connectivity index (χ3n) is 3.39. The Labute approximate surface area is 110 Å². The molecule has 0 bridgehead atoms. The van der Waals surface area contributed by atoms with E-state index in [1.807, 2.05) is 11.3 Å². The van der Waals surface area contributed by atoms with Crippen molar-refractivity contribution in [1.29, 1.82) is 0 Å². The molecule has 1 aromatic rings. The monoisotopic (exact) mass is 254 g/mol. The first-order chi connectivity index (χ1) is 7.75. The minimum Gasteiger partial charge on any atom is -0.327 e. The molecule has 0 saturated heterocycles. The molecule has 0 aliphatic rings. The summed E-state index contributed by atoms with van der Waals surface area (Å²) in [4.78, 5) is 3.82. The van der Waals surface area contributed by atoms with Crippen LogP contribution in [0.2, 0.25) is 0 Å². The smallest absolute Gasteiger partial charge is 0.0414 e. The fraction of sp³-hybridized carbons (Fsp3) is 0.714. The largest absolute Gasteiger partial charge is 0.327 e. The number of rotatable bonds is 4. The maximum atomic E-state index is 6.18. The Balaban J connectivity index is 2.89. The van der Waals surface area contributed by atoms with Crippen LogP contribution < -0.4 is 5.73 Å². The summed E-state index contributed by atoms with van der Waals surface area (Å²) in [5.74, 6) is 0. The molecule has 0 amide bonds. The first-order valence-corrected chi connectivity index (χ1v) is 7.14. The zero-order valence-electron chi connectivity index (χ0n) is 11.9. The van der Waals surface area contributed by atoms with Gasteiger partial charge in [0.15, 0.2) is 0 Å². The fourth-order valence-electron chi connectivity index (χ4n) is 2.74. The van der Waals surface area contributed by atoms with E-state index >= 15 is 0 Å². The predicted molar refractivity (Wildman–Crippen MR) is 77.4 cm³/mol. The minimum atomic E-state index is 0.169. The van der Waals surface area contributed by atoms with Gasteiger partial charge in [0.05, 0.1) is 0 Å². The Hall–Kier alpha value is -0.380. The first-order valence-electron chi connectivity index (χ1n) is 6.26. The Morgan fingerprint density at radius 2 is 1.88 bits per heavy atom. The van der Waals surface area contributed by atoms with Gasteiger partial charge in [-0.15, -0.1) is 11.3 Å². The van der Waals surface area contributed by atoms with E-state index in [4.69, 9.17) is 5.73 Å². The Morgan fingerprint density at radius 3 is 2.24 bits per heavy atom. The summed E-state index contributed by atoms with van der Waals surface area (Å²) in [7, 11) is 2.18. The van der Waals surface area contributed by atoms with E-state index in [1.54, 1.807) is 0 Å². The van der Waals surface area contributed by atoms with Crippen molar-refractivity contribution in [2.75, 3.05) is 7.05 Å². The highest BCUT2D eigenvalue weighted by Crippen LogP contribution is 2.32. The standard InChI is InChI=1S/C14H26N2S/c1-10(15)13(14(3,4)5)16(6)11(2)12-8-7-9-17-12/h7-11,13H,15H2,1-6H3. The lowest BCUT2D eigenvalue weighted by Gasteiger charge is -2.43. The maximum Gasteiger partial charge on any atom is 0.0414 e. The topological polar surface area (TPSA) is 29.3 Å². The van der Waals surface area contributed by atoms with Crippen molar-refractivity contribution in [3.63, 3.8) is 0 Å². The van der Waals surface area contributed by atoms with Crippen LogP contribution in [0.3, 0.4) is 0 Å². The number of hydrogen-bond acceptors (Lipinski definition) is 3. The van der Waals surface area contributed by atoms with Crippen molar-refractivity contribution in [1.82, 2.24) is 4.90 Å². The van der Waals surface area contributed by atoms with Crippen LogP contribution in [-0.2, 0) is 0 Å². The molecule has 1 rings (SSSR count). The van der Waals surface area contributed by atoms with Gasteiger partial charge < -0.3 is 5.73 Å². The number of nitrogens with zero attached hydrogens (tertiary/aromatic N) is 1. The lowest BCUT2D eigenvalue weighted by molar-refractivity contribution is 0.0756. The normalized spacial score (nSPS) is 18.1. The van der Waals surface area contributed by atoms with E-state index in [0.29, 0.717) is 12.1 Å². The van der Waals surface area contributed by atoms with Crippen LogP contribution in [0.4, 0.5) is 0 Å². The predicted octanol–water partition coefficient (Wildman–Crippen LogP) is 3.50. The van der Waals surface area contributed by atoms with E-state index in [2.05, 4.69) is 64.1 Å². The maximum absolute atomic E-state index is 6.18. The summed E-state index contributed by atoms with van der Waals surface area (Å²) in [6.07, 6.45) is 0. The van der Waals surface area contributed by atoms with E-state index in [-0.39, 0.29) is 11.5 Å². The van der Waals surface area contributed by atoms with Crippen LogP contribution in [0.5, 0.6) is 0 Å². The van der Waals surface area contributed by atoms with Gasteiger partial charge in [0.1, 0.15) is 0 Å². The van der Waals surface area contributed by atoms with Crippen molar-refractivity contribution < 1.29 is 0 Å². The lowest BCUT2D eigenvalue weighted by Crippen LogP contribution is -2.52. The van der Waals surface area contributed by atoms with Crippen LogP contribution in [0.15, 0.2) is 17.5 Å². The van der Waals surface area contributed by atoms with E-state index in [9.17, 15) is 0 Å². The van der Waals surface area contributed by atoms with Crippen LogP contribution in [0.1, 0.15) is 45.5 Å². The third-order valence-corrected chi connectivity index (χ3v) is 4.43. The number of thiophene rings is 1. The molecule has 2 N–H and O–H groups in total. The van der Waals surface area contributed by atoms with Crippen molar-refractivity contribution in [3.8, 4) is 0 Å². The Morgan fingerprint density at radius 1 is 1.29 bits per heavy atom. The number of hydrogen-bond donors (Lipinski definition) is 1. The lowest BCUT2D eigenvalue weighted by atomic mass is 9.81. The van der Waals surface area contributed by atoms with Gasteiger partial charge in [-0.25, -0.2) is 0 Å². The van der Waals surface area contributed by atoms with Gasteiger partial charge in [-0.1, -0.05) is 26.8 Å². The first kappa shape index (κ1) is 14.7. The summed E-state index contributed by atoms with van der Waals surface area (Å²) in [6.45, 7) is 11.1. The van der Waals surface area contributed by atoms with Crippen LogP contribution in [0, 0.1) is 5.41 Å². The second-order valence-corrected chi connectivity index (χ2v) is 7.01. The molecule has 3 unspecified atom stereocenters. The second-order valence-electron chi connectivity index (χ2n) is 6.03. The molecular formula is C14H26N2S. The van der Waals surface area contributed by atoms with Crippen molar-refractivity contribution >= 4 is 11.3 Å². The van der Waals surface area contributed by atoms with Gasteiger partial charge in [-0.3, -0.25) is 4.90 Å². The number of likely N-dealkylation sites (N-methyl/N-ethyl adjacent to an activating group) is 1. The molecule has 17 heavy (non-hydrogen) atoms. The fourth-order valence-corrected chi connectivity index (χ4v) is 3.58. The molecule has 3 atom stereocenters. The highest BCUT2D eigenvalue weighted by molar-refractivity contribution is 7.10. The van der Waals surface area contributed by atoms with E-state index in [0.717, 1.165) is 0 Å². The third kappa shape index (κ3) is 3.54. The SMILES string of the molecule is CC(N)C(N(C)C(C)c1cccs1)C(C)(C)C. The van der Waals surface area contributed by atoms with Crippen LogP contribution in [0.25, 0.3) is 0 Å². The molecular weight excluding hydrogens is 228 g/mol. The summed E-state index contributed by atoms with van der Waals surface area (Å²) in [6, 6.07) is 5.28. The molecule has 1 aromatic heterocycles. The molecule has 1 heterocycles. The average Bonchev–Trinajstić information content (AvgIpc) is 2.65. The highest BCUT2D eigenvalue weighted by Gasteiger charge is 2.33. The van der Waals surface area contributed by atoms with Crippen LogP contribution in [-0.4, -0.2) is 24.0 Å². The molecule has 0 saturated carbocycles. The Kier molecular flexibility index (Phi) is 4.76. The molecule has 0 aromatic carbocycles. The summed E-state index contributed by atoms with van der Waals surface area (Å²) < 4.78 is 0. The zero-order valence-corrected chi connectivity index (χ0v) is 12.7. The van der Waals surface area contributed by atoms with Crippen molar-refractivity contribution in [2.24, 2.45) is 11.1 Å². The van der Waals surface area contributed by atoms with E-state index in [1.165, 1.54) is 4.88 Å². The molecule has 0 spiro atoms. The van der Waals surface area contributed by atoms with Crippen molar-refractivity contribution in [2.45, 2.75) is 52.7 Å². The summed E-state index contributed by atoms with van der Waals surface area (Å²) >= 11 is 1.82. The number of nitrogens with two attached hydrogens (primary N) is 1. The quantitative estimate of drug-likeness (QED) is 0.891. The Bertz CT molecular complexity index is 324. The minimum absolute atomic E-state index is 0.169. The molecule has 3 heteroatoms. The highest BCUT2D eigenvalue weighted by atomic mass is 32.1. The molecule has 0 aliphatic heterocycles.